The van der Waals surface area contributed by atoms with Gasteiger partial charge in [-0.1, -0.05) is 11.6 Å². The van der Waals surface area contributed by atoms with E-state index in [0.717, 1.165) is 0 Å². The molecule has 0 unspecified atom stereocenters. The maximum absolute atomic E-state index is 10.4. The lowest BCUT2D eigenvalue weighted by atomic mass is 10.2. The maximum atomic E-state index is 10.4. The number of phenols is 1. The molecule has 0 aliphatic heterocycles. The highest BCUT2D eigenvalue weighted by atomic mass is 35.5. The summed E-state index contributed by atoms with van der Waals surface area (Å²) in [6.45, 7) is 0.945. The molecule has 82 valence electrons. The van der Waals surface area contributed by atoms with Crippen molar-refractivity contribution in [2.24, 2.45) is 5.73 Å². The van der Waals surface area contributed by atoms with Gasteiger partial charge in [0.1, 0.15) is 5.75 Å². The van der Waals surface area contributed by atoms with Crippen LogP contribution in [0.4, 0.5) is 0 Å². The molecule has 0 radical (unpaired) electrons. The molecule has 1 aromatic rings. The van der Waals surface area contributed by atoms with E-state index >= 15 is 0 Å². The number of carbonyl (C=O) groups excluding carboxylic acids is 1. The normalized spacial score (nSPS) is 10.2. The molecule has 1 amide bonds. The van der Waals surface area contributed by atoms with Crippen LogP contribution in [-0.2, 0) is 11.3 Å². The molecule has 0 fully saturated rings. The fourth-order valence-corrected chi connectivity index (χ4v) is 1.33. The third-order valence-electron chi connectivity index (χ3n) is 1.91. The SMILES string of the molecule is NC(=O)CCNCc1cc(Cl)ccc1O. The first kappa shape index (κ1) is 11.8. The van der Waals surface area contributed by atoms with Crippen LogP contribution in [-0.4, -0.2) is 17.6 Å². The summed E-state index contributed by atoms with van der Waals surface area (Å²) in [5.74, 6) is -0.163. The molecule has 1 rings (SSSR count). The standard InChI is InChI=1S/C10H13ClN2O2/c11-8-1-2-9(14)7(5-8)6-13-4-3-10(12)15/h1-2,5,13-14H,3-4,6H2,(H2,12,15). The first-order valence-corrected chi connectivity index (χ1v) is 4.94. The molecular weight excluding hydrogens is 216 g/mol. The minimum absolute atomic E-state index is 0.186. The molecule has 1 aromatic carbocycles. The summed E-state index contributed by atoms with van der Waals surface area (Å²) in [6.07, 6.45) is 0.279. The number of hydrogen-bond donors (Lipinski definition) is 3. The summed E-state index contributed by atoms with van der Waals surface area (Å²) in [5, 5.41) is 13.0. The number of benzene rings is 1. The van der Waals surface area contributed by atoms with E-state index in [1.165, 1.54) is 6.07 Å². The number of nitrogens with two attached hydrogens (primary N) is 1. The van der Waals surface area contributed by atoms with Crippen LogP contribution in [0.3, 0.4) is 0 Å². The summed E-state index contributed by atoms with van der Waals surface area (Å²) in [7, 11) is 0. The second kappa shape index (κ2) is 5.58. The Morgan fingerprint density at radius 2 is 2.27 bits per heavy atom. The lowest BCUT2D eigenvalue weighted by molar-refractivity contribution is -0.117. The van der Waals surface area contributed by atoms with Gasteiger partial charge in [0.15, 0.2) is 0 Å². The summed E-state index contributed by atoms with van der Waals surface area (Å²) >= 11 is 5.77. The molecule has 0 saturated heterocycles. The first-order valence-electron chi connectivity index (χ1n) is 4.56. The molecule has 0 heterocycles. The molecule has 5 heteroatoms. The fraction of sp³-hybridized carbons (Fsp3) is 0.300. The van der Waals surface area contributed by atoms with Gasteiger partial charge in [0.05, 0.1) is 0 Å². The van der Waals surface area contributed by atoms with Gasteiger partial charge >= 0.3 is 0 Å². The van der Waals surface area contributed by atoms with Gasteiger partial charge in [-0.2, -0.15) is 0 Å². The fourth-order valence-electron chi connectivity index (χ4n) is 1.13. The van der Waals surface area contributed by atoms with Gasteiger partial charge in [0, 0.05) is 30.1 Å². The molecule has 4 nitrogen and oxygen atoms in total. The van der Waals surface area contributed by atoms with Crippen molar-refractivity contribution in [1.82, 2.24) is 5.32 Å². The van der Waals surface area contributed by atoms with Crippen LogP contribution in [0.2, 0.25) is 5.02 Å². The molecular formula is C10H13ClN2O2. The van der Waals surface area contributed by atoms with Crippen LogP contribution >= 0.6 is 11.6 Å². The number of halogens is 1. The number of hydrogen-bond acceptors (Lipinski definition) is 3. The predicted molar refractivity (Wildman–Crippen MR) is 58.6 cm³/mol. The summed E-state index contributed by atoms with van der Waals surface area (Å²) in [4.78, 5) is 10.4. The van der Waals surface area contributed by atoms with Gasteiger partial charge < -0.3 is 16.2 Å². The second-order valence-corrected chi connectivity index (χ2v) is 3.60. The van der Waals surface area contributed by atoms with Gasteiger partial charge in [0.2, 0.25) is 5.91 Å². The van der Waals surface area contributed by atoms with Crippen molar-refractivity contribution in [1.29, 1.82) is 0 Å². The van der Waals surface area contributed by atoms with Crippen molar-refractivity contribution in [3.63, 3.8) is 0 Å². The van der Waals surface area contributed by atoms with Crippen molar-refractivity contribution in [2.75, 3.05) is 6.54 Å². The third kappa shape index (κ3) is 4.18. The van der Waals surface area contributed by atoms with Crippen LogP contribution in [0, 0.1) is 0 Å². The Hall–Kier alpha value is -1.26. The van der Waals surface area contributed by atoms with Gasteiger partial charge in [-0.3, -0.25) is 4.79 Å². The first-order chi connectivity index (χ1) is 7.09. The van der Waals surface area contributed by atoms with Gasteiger partial charge in [-0.05, 0) is 18.2 Å². The Kier molecular flexibility index (Phi) is 4.39. The van der Waals surface area contributed by atoms with Gasteiger partial charge in [0.25, 0.3) is 0 Å². The smallest absolute Gasteiger partial charge is 0.218 e. The summed E-state index contributed by atoms with van der Waals surface area (Å²) < 4.78 is 0. The largest absolute Gasteiger partial charge is 0.508 e. The van der Waals surface area contributed by atoms with E-state index < -0.39 is 0 Å². The molecule has 0 aromatic heterocycles. The molecule has 4 N–H and O–H groups in total. The van der Waals surface area contributed by atoms with Crippen molar-refractivity contribution in [2.45, 2.75) is 13.0 Å². The Labute approximate surface area is 93.0 Å². The Balaban J connectivity index is 2.43. The molecule has 0 aliphatic rings. The Bertz CT molecular complexity index is 355. The molecule has 0 saturated carbocycles. The quantitative estimate of drug-likeness (QED) is 0.659. The third-order valence-corrected chi connectivity index (χ3v) is 2.14. The summed E-state index contributed by atoms with van der Waals surface area (Å²) in [5.41, 5.74) is 5.68. The lowest BCUT2D eigenvalue weighted by Crippen LogP contribution is -2.21. The number of carbonyl (C=O) groups is 1. The average molecular weight is 229 g/mol. The monoisotopic (exact) mass is 228 g/mol. The molecule has 0 bridgehead atoms. The zero-order valence-corrected chi connectivity index (χ0v) is 8.92. The zero-order valence-electron chi connectivity index (χ0n) is 8.16. The van der Waals surface area contributed by atoms with Gasteiger partial charge in [-0.25, -0.2) is 0 Å². The number of amides is 1. The van der Waals surface area contributed by atoms with Crippen molar-refractivity contribution in [3.8, 4) is 5.75 Å². The highest BCUT2D eigenvalue weighted by Crippen LogP contribution is 2.20. The van der Waals surface area contributed by atoms with Crippen molar-refractivity contribution < 1.29 is 9.90 Å². The Morgan fingerprint density at radius 3 is 2.93 bits per heavy atom. The minimum atomic E-state index is -0.349. The number of nitrogens with one attached hydrogen (secondary N) is 1. The van der Waals surface area contributed by atoms with E-state index in [9.17, 15) is 9.90 Å². The molecule has 0 atom stereocenters. The van der Waals surface area contributed by atoms with E-state index in [4.69, 9.17) is 17.3 Å². The number of rotatable bonds is 5. The highest BCUT2D eigenvalue weighted by molar-refractivity contribution is 6.30. The topological polar surface area (TPSA) is 75.4 Å². The van der Waals surface area contributed by atoms with E-state index in [2.05, 4.69) is 5.32 Å². The number of aromatic hydroxyl groups is 1. The van der Waals surface area contributed by atoms with E-state index in [-0.39, 0.29) is 18.1 Å². The number of phenolic OH excluding ortho intramolecular Hbond substituents is 1. The lowest BCUT2D eigenvalue weighted by Gasteiger charge is -2.06. The van der Waals surface area contributed by atoms with Crippen molar-refractivity contribution in [3.05, 3.63) is 28.8 Å². The zero-order chi connectivity index (χ0) is 11.3. The molecule has 15 heavy (non-hydrogen) atoms. The minimum Gasteiger partial charge on any atom is -0.508 e. The van der Waals surface area contributed by atoms with Crippen LogP contribution in [0.1, 0.15) is 12.0 Å². The van der Waals surface area contributed by atoms with Crippen LogP contribution in [0.15, 0.2) is 18.2 Å². The molecule has 0 spiro atoms. The van der Waals surface area contributed by atoms with Crippen molar-refractivity contribution >= 4 is 17.5 Å². The van der Waals surface area contributed by atoms with E-state index in [1.54, 1.807) is 12.1 Å². The van der Waals surface area contributed by atoms with Crippen LogP contribution in [0.25, 0.3) is 0 Å². The molecule has 0 aliphatic carbocycles. The van der Waals surface area contributed by atoms with E-state index in [1.807, 2.05) is 0 Å². The Morgan fingerprint density at radius 1 is 1.53 bits per heavy atom. The summed E-state index contributed by atoms with van der Waals surface area (Å²) in [6, 6.07) is 4.82. The number of primary amides is 1. The average Bonchev–Trinajstić information content (AvgIpc) is 2.17. The maximum Gasteiger partial charge on any atom is 0.218 e. The van der Waals surface area contributed by atoms with E-state index in [0.29, 0.717) is 23.7 Å². The van der Waals surface area contributed by atoms with Crippen LogP contribution in [0.5, 0.6) is 5.75 Å². The predicted octanol–water partition coefficient (Wildman–Crippen LogP) is 1.01. The van der Waals surface area contributed by atoms with Crippen LogP contribution < -0.4 is 11.1 Å². The van der Waals surface area contributed by atoms with Gasteiger partial charge in [-0.15, -0.1) is 0 Å². The highest BCUT2D eigenvalue weighted by Gasteiger charge is 2.01. The second-order valence-electron chi connectivity index (χ2n) is 3.17.